The van der Waals surface area contributed by atoms with Crippen molar-refractivity contribution >= 4 is 47.4 Å². The van der Waals surface area contributed by atoms with Gasteiger partial charge in [0.05, 0.1) is 0 Å². The monoisotopic (exact) mass is 2220 g/mol. The number of rotatable bonds is 12. The molecule has 12 heterocycles. The molecule has 42 heteroatoms. The summed E-state index contributed by atoms with van der Waals surface area (Å²) in [6.45, 7) is 77.4. The molecule has 0 aliphatic rings. The first-order chi connectivity index (χ1) is 68.4. The third-order valence-corrected chi connectivity index (χ3v) is 19.4. The van der Waals surface area contributed by atoms with E-state index in [4.69, 9.17) is 86.1 Å². The van der Waals surface area contributed by atoms with Gasteiger partial charge in [0, 0.05) is 146 Å². The van der Waals surface area contributed by atoms with Crippen molar-refractivity contribution in [3.05, 3.63) is 361 Å². The highest BCUT2D eigenvalue weighted by molar-refractivity contribution is 7.43. The first kappa shape index (κ1) is 151. The second-order valence-electron chi connectivity index (χ2n) is 37.6. The van der Waals surface area contributed by atoms with Crippen LogP contribution in [0.1, 0.15) is 305 Å². The van der Waals surface area contributed by atoms with Crippen molar-refractivity contribution in [2.75, 3.05) is 0 Å². The van der Waals surface area contributed by atoms with Crippen molar-refractivity contribution in [3.63, 3.8) is 0 Å². The molecule has 12 aromatic rings. The second kappa shape index (κ2) is 80.2. The van der Waals surface area contributed by atoms with Crippen molar-refractivity contribution in [1.29, 1.82) is 0 Å². The number of pyridine rings is 12. The van der Waals surface area contributed by atoms with Gasteiger partial charge in [-0.15, -0.1) is 0 Å². The first-order valence-electron chi connectivity index (χ1n) is 48.4. The fourth-order valence-corrected chi connectivity index (χ4v) is 10.3. The summed E-state index contributed by atoms with van der Waals surface area (Å²) in [7, 11) is -33.8. The van der Waals surface area contributed by atoms with Crippen LogP contribution < -0.4 is 114 Å². The molecule has 0 spiro atoms. The van der Waals surface area contributed by atoms with Crippen LogP contribution in [-0.4, -0.2) is 0 Å². The summed E-state index contributed by atoms with van der Waals surface area (Å²) >= 11 is 0. The van der Waals surface area contributed by atoms with Crippen molar-refractivity contribution in [3.8, 4) is 0 Å². The molecule has 150 heavy (non-hydrogen) atoms. The van der Waals surface area contributed by atoms with Gasteiger partial charge < -0.3 is 86.1 Å². The van der Waals surface area contributed by atoms with E-state index in [2.05, 4.69) is 598 Å². The summed E-state index contributed by atoms with van der Waals surface area (Å²) in [5, 5.41) is 0. The van der Waals surface area contributed by atoms with Gasteiger partial charge >= 0.3 is 0 Å². The quantitative estimate of drug-likeness (QED) is 0.0623. The zero-order chi connectivity index (χ0) is 118. The summed E-state index contributed by atoms with van der Waals surface area (Å²) in [6.07, 6.45) is 50.7. The van der Waals surface area contributed by atoms with Crippen LogP contribution in [0.4, 0.5) is 25.2 Å². The van der Waals surface area contributed by atoms with E-state index in [1.54, 1.807) is 0 Å². The lowest BCUT2D eigenvalue weighted by atomic mass is 10.3. The van der Waals surface area contributed by atoms with Crippen LogP contribution in [0.2, 0.25) is 0 Å². The van der Waals surface area contributed by atoms with Crippen LogP contribution >= 0.6 is 47.4 Å². The highest BCUT2D eigenvalue weighted by Gasteiger charge is 2.12. The maximum absolute atomic E-state index is 10.1. The van der Waals surface area contributed by atoms with Gasteiger partial charge in [-0.2, -0.15) is 0 Å². The van der Waals surface area contributed by atoms with Crippen molar-refractivity contribution in [2.24, 2.45) is 0 Å². The molecule has 30 nitrogen and oxygen atoms in total. The lowest BCUT2D eigenvalue weighted by molar-refractivity contribution is -0.716. The average molecular weight is 2220 g/mol. The van der Waals surface area contributed by atoms with Crippen LogP contribution in [0, 0.1) is 83.1 Å². The van der Waals surface area contributed by atoms with Gasteiger partial charge in [-0.25, -0.2) is 80.0 Å². The summed E-state index contributed by atoms with van der Waals surface area (Å²) in [4.78, 5) is 101. The van der Waals surface area contributed by atoms with Crippen LogP contribution in [0.15, 0.2) is 294 Å². The average Bonchev–Trinajstić information content (AvgIpc) is 0.971. The summed E-state index contributed by atoms with van der Waals surface area (Å²) < 4.78 is 138. The molecule has 0 saturated heterocycles. The number of hydrogen-bond acceptors (Lipinski definition) is 18. The highest BCUT2D eigenvalue weighted by atomic mass is 31.2. The Morgan fingerprint density at radius 2 is 0.167 bits per heavy atom. The SMILES string of the molecule is Cc1cc[n+](C(C)C)cc1.Cc1cc[n+](C(C)C)cc1.Cc1cc[n+](C(C)C)cc1.Cc1cc[n+](C(C)C)cc1.Cc1cc[n+](C(C)C)cc1.Cc1cc[n+](C(C)C)cc1.Cc1cc[n+](C(C)C)cc1.Cc1cc[n+](C(C)C)cc1.Cc1cc[n+](C(C)C)cc1.Cc1cc[n+](C(C)C)cc1.Cc1cc[n+](C(C)C)cc1.Cc1cc[n+](C(C)C)cc1.O=P([O-])([O-])F.O=P([O-])([O-])F.O=P([O-])([O-])F.O=P([O-])([O-])F.O=P([O-])([O-])F.O=P([O-])([O-])F. The molecule has 0 unspecified atom stereocenters. The lowest BCUT2D eigenvalue weighted by Crippen LogP contribution is -2.34. The molecule has 0 aliphatic heterocycles. The second-order valence-corrected chi connectivity index (χ2v) is 42.7. The van der Waals surface area contributed by atoms with Crippen molar-refractivity contribution in [2.45, 2.75) is 322 Å². The molecule has 12 aromatic heterocycles. The van der Waals surface area contributed by atoms with E-state index in [0.29, 0.717) is 72.5 Å². The van der Waals surface area contributed by atoms with Gasteiger partial charge in [0.15, 0.2) is 221 Å². The Kier molecular flexibility index (Phi) is 80.6. The van der Waals surface area contributed by atoms with Crippen LogP contribution in [0.25, 0.3) is 0 Å². The molecule has 0 bridgehead atoms. The summed E-state index contributed by atoms with van der Waals surface area (Å²) in [6, 6.07) is 57.8. The fraction of sp³-hybridized carbons (Fsp3) is 0.444. The van der Waals surface area contributed by atoms with Crippen LogP contribution in [0.3, 0.4) is 0 Å². The van der Waals surface area contributed by atoms with E-state index in [9.17, 15) is 25.2 Å². The molecule has 12 rings (SSSR count). The van der Waals surface area contributed by atoms with E-state index >= 15 is 0 Å². The van der Waals surface area contributed by atoms with E-state index in [0.717, 1.165) is 0 Å². The zero-order valence-corrected chi connectivity index (χ0v) is 99.7. The molecule has 840 valence electrons. The molecule has 0 amide bonds. The first-order valence-corrected chi connectivity index (χ1v) is 57.0. The highest BCUT2D eigenvalue weighted by Crippen LogP contribution is 2.25. The van der Waals surface area contributed by atoms with Crippen LogP contribution in [0.5, 0.6) is 0 Å². The Bertz CT molecular complexity index is 4490. The van der Waals surface area contributed by atoms with E-state index in [-0.39, 0.29) is 0 Å². The molecular formula is C108H168F6N12O18P6. The molecule has 0 saturated carbocycles. The lowest BCUT2D eigenvalue weighted by Gasteiger charge is -2.15. The van der Waals surface area contributed by atoms with Gasteiger partial charge in [0.1, 0.15) is 47.4 Å². The molecule has 0 aliphatic carbocycles. The van der Waals surface area contributed by atoms with E-state index < -0.39 is 47.4 Å². The molecular weight excluding hydrogens is 2050 g/mol. The Balaban J connectivity index is -0.000000368. The zero-order valence-electron chi connectivity index (χ0n) is 94.3. The number of aryl methyl sites for hydroxylation is 12. The molecule has 0 N–H and O–H groups in total. The Morgan fingerprint density at radius 1 is 0.133 bits per heavy atom. The Hall–Kier alpha value is -9.72. The maximum Gasteiger partial charge on any atom is 0.169 e. The van der Waals surface area contributed by atoms with Gasteiger partial charge in [0.2, 0.25) is 0 Å². The van der Waals surface area contributed by atoms with Gasteiger partial charge in [-0.1, -0.05) is 0 Å². The summed E-state index contributed by atoms with van der Waals surface area (Å²) in [5.74, 6) is 0. The normalized spacial score (nSPS) is 10.7. The fourth-order valence-electron chi connectivity index (χ4n) is 10.3. The Morgan fingerprint density at radius 3 is 0.193 bits per heavy atom. The third kappa shape index (κ3) is 104. The maximum atomic E-state index is 10.1. The van der Waals surface area contributed by atoms with E-state index in [1.165, 1.54) is 66.8 Å². The number of halogens is 6. The number of nitrogens with zero attached hydrogens (tertiary/aromatic N) is 12. The minimum Gasteiger partial charge on any atom is -0.786 e. The van der Waals surface area contributed by atoms with Gasteiger partial charge in [-0.05, 0) is 316 Å². The smallest absolute Gasteiger partial charge is 0.169 e. The number of hydrogen-bond donors (Lipinski definition) is 0. The Labute approximate surface area is 891 Å². The molecule has 0 aromatic carbocycles. The van der Waals surface area contributed by atoms with Crippen molar-refractivity contribution < 1.29 is 166 Å². The molecule has 0 radical (unpaired) electrons. The largest absolute Gasteiger partial charge is 0.786 e. The standard InChI is InChI=1S/12C9H14N.6FH2O3P/c12*1-8(2)10-6-4-9(3)5-7-10;6*1-5(2,3)4/h12*4-8H,1-3H3;6*(H2,2,3,4)/q12*+1;;;;;;/p-12. The number of aromatic nitrogens is 12. The minimum atomic E-state index is -5.64. The third-order valence-electron chi connectivity index (χ3n) is 19.4. The minimum absolute atomic E-state index is 0.570. The molecule has 0 atom stereocenters. The van der Waals surface area contributed by atoms with Crippen LogP contribution in [-0.2, 0) is 27.4 Å². The van der Waals surface area contributed by atoms with Crippen molar-refractivity contribution in [1.82, 2.24) is 0 Å². The molecule has 0 fully saturated rings. The van der Waals surface area contributed by atoms with E-state index in [1.807, 2.05) is 0 Å². The predicted molar refractivity (Wildman–Crippen MR) is 553 cm³/mol. The predicted octanol–water partition coefficient (Wildman–Crippen LogP) is 15.1. The topological polar surface area (TPSA) is 426 Å². The van der Waals surface area contributed by atoms with Gasteiger partial charge in [0.25, 0.3) is 0 Å². The summed E-state index contributed by atoms with van der Waals surface area (Å²) in [5.41, 5.74) is 15.8. The van der Waals surface area contributed by atoms with Gasteiger partial charge in [-0.3, -0.25) is 0 Å².